The first-order valence-corrected chi connectivity index (χ1v) is 12.3. The first-order valence-electron chi connectivity index (χ1n) is 11.5. The molecule has 4 rings (SSSR count). The van der Waals surface area contributed by atoms with Crippen LogP contribution in [0.25, 0.3) is 10.9 Å². The van der Waals surface area contributed by atoms with Gasteiger partial charge in [0.2, 0.25) is 5.95 Å². The number of alkyl halides is 3. The standard InChI is InChI=1S/C25H30F3N5S.CH4/c1-33(2)23-21-5-3-4-6-22(21)31-24(32-23)30-19-11-7-17(8-12-19)15-29-16-18-9-13-20(14-10-18)34-25(26,27)28;/h3-6,9-10,13-14,17,19,29H,7-8,11-12,15-16H2,1-2H3,(H,30,31,32);1H4. The Labute approximate surface area is 209 Å². The molecule has 3 aromatic rings. The number of thioether (sulfide) groups is 1. The van der Waals surface area contributed by atoms with Crippen LogP contribution in [0.1, 0.15) is 38.7 Å². The molecule has 190 valence electrons. The second-order valence-electron chi connectivity index (χ2n) is 8.97. The average Bonchev–Trinajstić information content (AvgIpc) is 2.80. The van der Waals surface area contributed by atoms with Crippen molar-refractivity contribution < 1.29 is 13.2 Å². The highest BCUT2D eigenvalue weighted by atomic mass is 32.2. The summed E-state index contributed by atoms with van der Waals surface area (Å²) in [4.78, 5) is 11.7. The minimum atomic E-state index is -4.25. The molecule has 2 N–H and O–H groups in total. The monoisotopic (exact) mass is 505 g/mol. The number of hydrogen-bond donors (Lipinski definition) is 2. The van der Waals surface area contributed by atoms with Crippen molar-refractivity contribution in [2.45, 2.75) is 56.1 Å². The SMILES string of the molecule is C.CN(C)c1nc(NC2CCC(CNCc3ccc(SC(F)(F)F)cc3)CC2)nc2ccccc12. The van der Waals surface area contributed by atoms with Gasteiger partial charge >= 0.3 is 5.51 Å². The molecule has 1 aliphatic carbocycles. The molecule has 1 fully saturated rings. The highest BCUT2D eigenvalue weighted by molar-refractivity contribution is 8.00. The number of hydrogen-bond acceptors (Lipinski definition) is 6. The molecule has 0 radical (unpaired) electrons. The molecule has 35 heavy (non-hydrogen) atoms. The molecule has 1 heterocycles. The summed E-state index contributed by atoms with van der Waals surface area (Å²) < 4.78 is 37.3. The molecular formula is C26H34F3N5S. The number of anilines is 2. The van der Waals surface area contributed by atoms with Gasteiger partial charge in [-0.15, -0.1) is 0 Å². The molecule has 5 nitrogen and oxygen atoms in total. The second kappa shape index (κ2) is 11.9. The maximum absolute atomic E-state index is 12.4. The number of fused-ring (bicyclic) bond motifs is 1. The summed E-state index contributed by atoms with van der Waals surface area (Å²) >= 11 is -0.0785. The zero-order valence-electron chi connectivity index (χ0n) is 19.4. The number of aromatic nitrogens is 2. The summed E-state index contributed by atoms with van der Waals surface area (Å²) in [5, 5.41) is 8.05. The third-order valence-corrected chi connectivity index (χ3v) is 6.85. The fourth-order valence-electron chi connectivity index (χ4n) is 4.39. The highest BCUT2D eigenvalue weighted by Crippen LogP contribution is 2.36. The van der Waals surface area contributed by atoms with E-state index < -0.39 is 5.51 Å². The fraction of sp³-hybridized carbons (Fsp3) is 0.462. The highest BCUT2D eigenvalue weighted by Gasteiger charge is 2.29. The molecule has 1 aromatic heterocycles. The predicted molar refractivity (Wildman–Crippen MR) is 140 cm³/mol. The van der Waals surface area contributed by atoms with Gasteiger partial charge in [-0.3, -0.25) is 0 Å². The summed E-state index contributed by atoms with van der Waals surface area (Å²) in [7, 11) is 3.99. The van der Waals surface area contributed by atoms with Crippen LogP contribution >= 0.6 is 11.8 Å². The lowest BCUT2D eigenvalue weighted by molar-refractivity contribution is -0.0328. The molecule has 0 saturated heterocycles. The Balaban J connectivity index is 0.00000342. The van der Waals surface area contributed by atoms with Gasteiger partial charge in [0, 0.05) is 37.0 Å². The number of nitrogens with zero attached hydrogens (tertiary/aromatic N) is 3. The largest absolute Gasteiger partial charge is 0.446 e. The van der Waals surface area contributed by atoms with Crippen LogP contribution in [0, 0.1) is 5.92 Å². The molecule has 0 atom stereocenters. The minimum absolute atomic E-state index is 0. The first kappa shape index (κ1) is 27.1. The molecule has 0 bridgehead atoms. The van der Waals surface area contributed by atoms with E-state index in [9.17, 15) is 13.2 Å². The van der Waals surface area contributed by atoms with Gasteiger partial charge in [0.25, 0.3) is 0 Å². The van der Waals surface area contributed by atoms with Crippen molar-refractivity contribution >= 4 is 34.4 Å². The van der Waals surface area contributed by atoms with E-state index in [4.69, 9.17) is 9.97 Å². The van der Waals surface area contributed by atoms with Gasteiger partial charge in [-0.25, -0.2) is 4.98 Å². The number of halogens is 3. The average molecular weight is 506 g/mol. The molecule has 1 saturated carbocycles. The Kier molecular flexibility index (Phi) is 9.24. The summed E-state index contributed by atoms with van der Waals surface area (Å²) in [6, 6.07) is 15.0. The van der Waals surface area contributed by atoms with Crippen molar-refractivity contribution in [3.8, 4) is 0 Å². The summed E-state index contributed by atoms with van der Waals surface area (Å²) in [6.45, 7) is 1.57. The molecule has 0 unspecified atom stereocenters. The Morgan fingerprint density at radius 1 is 0.971 bits per heavy atom. The minimum Gasteiger partial charge on any atom is -0.362 e. The number of rotatable bonds is 8. The lowest BCUT2D eigenvalue weighted by Gasteiger charge is -2.29. The van der Waals surface area contributed by atoms with E-state index in [-0.39, 0.29) is 24.1 Å². The Morgan fingerprint density at radius 2 is 1.66 bits per heavy atom. The summed E-state index contributed by atoms with van der Waals surface area (Å²) in [5.41, 5.74) is -2.32. The van der Waals surface area contributed by atoms with Crippen molar-refractivity contribution in [3.05, 3.63) is 54.1 Å². The van der Waals surface area contributed by atoms with Crippen molar-refractivity contribution in [1.82, 2.24) is 15.3 Å². The van der Waals surface area contributed by atoms with Crippen LogP contribution in [0.3, 0.4) is 0 Å². The van der Waals surface area contributed by atoms with Crippen LogP contribution in [-0.2, 0) is 6.54 Å². The number of para-hydroxylation sites is 1. The Hall–Kier alpha value is -2.52. The quantitative estimate of drug-likeness (QED) is 0.332. The van der Waals surface area contributed by atoms with Crippen LogP contribution in [0.2, 0.25) is 0 Å². The van der Waals surface area contributed by atoms with Crippen molar-refractivity contribution in [3.63, 3.8) is 0 Å². The van der Waals surface area contributed by atoms with Crippen molar-refractivity contribution in [2.75, 3.05) is 30.9 Å². The lowest BCUT2D eigenvalue weighted by Crippen LogP contribution is -2.31. The van der Waals surface area contributed by atoms with Gasteiger partial charge in [-0.2, -0.15) is 18.2 Å². The van der Waals surface area contributed by atoms with E-state index in [0.717, 1.165) is 54.5 Å². The van der Waals surface area contributed by atoms with Crippen molar-refractivity contribution in [2.24, 2.45) is 5.92 Å². The van der Waals surface area contributed by atoms with Crippen molar-refractivity contribution in [1.29, 1.82) is 0 Å². The van der Waals surface area contributed by atoms with Gasteiger partial charge in [0.15, 0.2) is 0 Å². The first-order chi connectivity index (χ1) is 16.3. The van der Waals surface area contributed by atoms with E-state index in [0.29, 0.717) is 24.5 Å². The maximum Gasteiger partial charge on any atom is 0.446 e. The second-order valence-corrected chi connectivity index (χ2v) is 10.1. The molecule has 9 heteroatoms. The molecule has 1 aliphatic rings. The van der Waals surface area contributed by atoms with Gasteiger partial charge in [0.1, 0.15) is 5.82 Å². The Bertz CT molecular complexity index is 1080. The van der Waals surface area contributed by atoms with Crippen LogP contribution in [-0.4, -0.2) is 42.2 Å². The number of benzene rings is 2. The van der Waals surface area contributed by atoms with Gasteiger partial charge in [-0.05, 0) is 79.7 Å². The third-order valence-electron chi connectivity index (χ3n) is 6.11. The maximum atomic E-state index is 12.4. The normalized spacial score (nSPS) is 18.2. The third kappa shape index (κ3) is 7.73. The Morgan fingerprint density at radius 3 is 2.31 bits per heavy atom. The summed E-state index contributed by atoms with van der Waals surface area (Å²) in [5.74, 6) is 2.18. The topological polar surface area (TPSA) is 53.1 Å². The molecule has 2 aromatic carbocycles. The van der Waals surface area contributed by atoms with Gasteiger partial charge in [0.05, 0.1) is 5.52 Å². The molecule has 0 spiro atoms. The van der Waals surface area contributed by atoms with Gasteiger partial charge < -0.3 is 15.5 Å². The van der Waals surface area contributed by atoms with Crippen LogP contribution in [0.5, 0.6) is 0 Å². The predicted octanol–water partition coefficient (Wildman–Crippen LogP) is 6.70. The fourth-order valence-corrected chi connectivity index (χ4v) is 4.93. The van der Waals surface area contributed by atoms with E-state index in [1.165, 1.54) is 12.1 Å². The van der Waals surface area contributed by atoms with Crippen LogP contribution < -0.4 is 15.5 Å². The number of nitrogens with one attached hydrogen (secondary N) is 2. The van der Waals surface area contributed by atoms with Gasteiger partial charge in [-0.1, -0.05) is 31.7 Å². The van der Waals surface area contributed by atoms with E-state index in [1.54, 1.807) is 12.1 Å². The molecule has 0 aliphatic heterocycles. The lowest BCUT2D eigenvalue weighted by atomic mass is 9.86. The van der Waals surface area contributed by atoms with E-state index in [2.05, 4.69) is 10.6 Å². The summed E-state index contributed by atoms with van der Waals surface area (Å²) in [6.07, 6.45) is 4.34. The van der Waals surface area contributed by atoms with Crippen LogP contribution in [0.15, 0.2) is 53.4 Å². The smallest absolute Gasteiger partial charge is 0.362 e. The van der Waals surface area contributed by atoms with Crippen LogP contribution in [0.4, 0.5) is 24.9 Å². The zero-order chi connectivity index (χ0) is 24.1. The van der Waals surface area contributed by atoms with E-state index in [1.807, 2.05) is 43.3 Å². The molecule has 0 amide bonds. The van der Waals surface area contributed by atoms with E-state index >= 15 is 0 Å². The zero-order valence-corrected chi connectivity index (χ0v) is 20.2. The molecular weight excluding hydrogens is 471 g/mol.